The molecular weight excluding hydrogens is 156 g/mol. The van der Waals surface area contributed by atoms with Crippen molar-refractivity contribution in [2.75, 3.05) is 25.9 Å². The molecule has 1 heterocycles. The highest BCUT2D eigenvalue weighted by atomic mass is 32.2. The third kappa shape index (κ3) is 1.71. The van der Waals surface area contributed by atoms with Crippen LogP contribution in [0, 0.1) is 0 Å². The van der Waals surface area contributed by atoms with E-state index in [4.69, 9.17) is 0 Å². The van der Waals surface area contributed by atoms with Gasteiger partial charge in [0.05, 0.1) is 0 Å². The Balaban J connectivity index is 1.65. The van der Waals surface area contributed by atoms with Gasteiger partial charge < -0.3 is 10.6 Å². The molecule has 2 rings (SSSR count). The van der Waals surface area contributed by atoms with Crippen LogP contribution in [0.2, 0.25) is 0 Å². The van der Waals surface area contributed by atoms with Gasteiger partial charge in [0.2, 0.25) is 0 Å². The van der Waals surface area contributed by atoms with Crippen molar-refractivity contribution < 1.29 is 0 Å². The fourth-order valence-corrected chi connectivity index (χ4v) is 2.09. The molecule has 64 valence electrons. The molecule has 1 saturated heterocycles. The highest BCUT2D eigenvalue weighted by Gasteiger charge is 2.41. The maximum atomic E-state index is 3.59. The minimum Gasteiger partial charge on any atom is -0.314 e. The van der Waals surface area contributed by atoms with Crippen LogP contribution in [0.25, 0.3) is 0 Å². The Bertz CT molecular complexity index is 141. The Morgan fingerprint density at radius 1 is 1.55 bits per heavy atom. The van der Waals surface area contributed by atoms with Gasteiger partial charge in [-0.3, -0.25) is 0 Å². The Kier molecular flexibility index (Phi) is 2.12. The second-order valence-corrected chi connectivity index (χ2v) is 4.90. The first-order valence-electron chi connectivity index (χ1n) is 4.34. The first-order valence-corrected chi connectivity index (χ1v) is 5.56. The van der Waals surface area contributed by atoms with Crippen LogP contribution in [0.15, 0.2) is 0 Å². The molecule has 2 nitrogen and oxygen atoms in total. The van der Waals surface area contributed by atoms with Gasteiger partial charge in [0.1, 0.15) is 0 Å². The predicted molar refractivity (Wildman–Crippen MR) is 50.1 cm³/mol. The van der Waals surface area contributed by atoms with E-state index in [-0.39, 0.29) is 0 Å². The van der Waals surface area contributed by atoms with Gasteiger partial charge in [0, 0.05) is 30.4 Å². The topological polar surface area (TPSA) is 24.1 Å². The third-order valence-electron chi connectivity index (χ3n) is 2.74. The lowest BCUT2D eigenvalue weighted by atomic mass is 10.2. The van der Waals surface area contributed by atoms with Gasteiger partial charge in [0.15, 0.2) is 0 Å². The molecule has 2 N–H and O–H groups in total. The molecule has 0 atom stereocenters. The summed E-state index contributed by atoms with van der Waals surface area (Å²) >= 11 is 2.03. The summed E-state index contributed by atoms with van der Waals surface area (Å²) in [6.07, 6.45) is 5.07. The maximum absolute atomic E-state index is 3.59. The van der Waals surface area contributed by atoms with Gasteiger partial charge in [-0.05, 0) is 19.1 Å². The third-order valence-corrected chi connectivity index (χ3v) is 4.15. The fraction of sp³-hybridized carbons (Fsp3) is 1.00. The Hall–Kier alpha value is 0.270. The van der Waals surface area contributed by atoms with Crippen molar-refractivity contribution in [1.29, 1.82) is 0 Å². The van der Waals surface area contributed by atoms with Crippen LogP contribution < -0.4 is 10.6 Å². The molecule has 0 aromatic rings. The van der Waals surface area contributed by atoms with Crippen molar-refractivity contribution in [2.24, 2.45) is 0 Å². The van der Waals surface area contributed by atoms with E-state index in [0.29, 0.717) is 4.75 Å². The summed E-state index contributed by atoms with van der Waals surface area (Å²) in [5.74, 6) is 0. The molecule has 1 saturated carbocycles. The predicted octanol–water partition coefficient (Wildman–Crippen LogP) is 0.443. The highest BCUT2D eigenvalue weighted by Crippen LogP contribution is 2.46. The highest BCUT2D eigenvalue weighted by molar-refractivity contribution is 8.00. The van der Waals surface area contributed by atoms with Gasteiger partial charge in [-0.1, -0.05) is 0 Å². The lowest BCUT2D eigenvalue weighted by molar-refractivity contribution is 0.366. The largest absolute Gasteiger partial charge is 0.314 e. The second-order valence-electron chi connectivity index (χ2n) is 3.62. The molecule has 0 radical (unpaired) electrons. The summed E-state index contributed by atoms with van der Waals surface area (Å²) in [5.41, 5.74) is 0. The van der Waals surface area contributed by atoms with Crippen molar-refractivity contribution in [3.8, 4) is 0 Å². The molecule has 11 heavy (non-hydrogen) atoms. The number of hydrogen-bond donors (Lipinski definition) is 2. The zero-order valence-electron chi connectivity index (χ0n) is 7.02. The van der Waals surface area contributed by atoms with Crippen molar-refractivity contribution in [1.82, 2.24) is 10.6 Å². The number of rotatable bonds is 4. The summed E-state index contributed by atoms with van der Waals surface area (Å²) in [5, 5.41) is 6.86. The molecule has 3 heteroatoms. The molecule has 0 amide bonds. The molecule has 1 aliphatic heterocycles. The summed E-state index contributed by atoms with van der Waals surface area (Å²) in [7, 11) is 0. The standard InChI is InChI=1S/C8H16N2S/c1-11-8(2-3-8)6-10-7-4-9-5-7/h7,9-10H,2-6H2,1H3. The molecule has 2 aliphatic rings. The molecule has 0 aromatic heterocycles. The van der Waals surface area contributed by atoms with E-state index in [1.807, 2.05) is 11.8 Å². The SMILES string of the molecule is CSC1(CNC2CNC2)CC1. The van der Waals surface area contributed by atoms with Crippen LogP contribution in [-0.2, 0) is 0 Å². The molecular formula is C8H16N2S. The smallest absolute Gasteiger partial charge is 0.0318 e. The minimum absolute atomic E-state index is 0.635. The summed E-state index contributed by atoms with van der Waals surface area (Å²) in [6.45, 7) is 3.56. The van der Waals surface area contributed by atoms with Gasteiger partial charge in [0.25, 0.3) is 0 Å². The fourth-order valence-electron chi connectivity index (χ4n) is 1.36. The first-order chi connectivity index (χ1) is 5.35. The van der Waals surface area contributed by atoms with Gasteiger partial charge in [-0.2, -0.15) is 11.8 Å². The van der Waals surface area contributed by atoms with Crippen LogP contribution >= 0.6 is 11.8 Å². The number of hydrogen-bond acceptors (Lipinski definition) is 3. The van der Waals surface area contributed by atoms with Crippen molar-refractivity contribution in [3.05, 3.63) is 0 Å². The number of nitrogens with one attached hydrogen (secondary N) is 2. The number of thioether (sulfide) groups is 1. The van der Waals surface area contributed by atoms with Crippen molar-refractivity contribution in [2.45, 2.75) is 23.6 Å². The normalized spacial score (nSPS) is 28.1. The molecule has 2 fully saturated rings. The van der Waals surface area contributed by atoms with Crippen LogP contribution in [0.3, 0.4) is 0 Å². The summed E-state index contributed by atoms with van der Waals surface area (Å²) in [4.78, 5) is 0. The van der Waals surface area contributed by atoms with Crippen molar-refractivity contribution in [3.63, 3.8) is 0 Å². The second kappa shape index (κ2) is 2.96. The van der Waals surface area contributed by atoms with Gasteiger partial charge in [-0.15, -0.1) is 0 Å². The average molecular weight is 172 g/mol. The molecule has 0 spiro atoms. The van der Waals surface area contributed by atoms with Crippen LogP contribution in [0.5, 0.6) is 0 Å². The van der Waals surface area contributed by atoms with E-state index in [0.717, 1.165) is 6.04 Å². The van der Waals surface area contributed by atoms with E-state index in [1.165, 1.54) is 32.5 Å². The Morgan fingerprint density at radius 3 is 2.64 bits per heavy atom. The molecule has 0 bridgehead atoms. The monoisotopic (exact) mass is 172 g/mol. The van der Waals surface area contributed by atoms with E-state index in [1.54, 1.807) is 0 Å². The van der Waals surface area contributed by atoms with E-state index < -0.39 is 0 Å². The summed E-state index contributed by atoms with van der Waals surface area (Å²) in [6, 6.07) is 0.764. The van der Waals surface area contributed by atoms with Crippen LogP contribution in [-0.4, -0.2) is 36.7 Å². The van der Waals surface area contributed by atoms with Gasteiger partial charge in [-0.25, -0.2) is 0 Å². The molecule has 0 aromatic carbocycles. The molecule has 0 unspecified atom stereocenters. The Morgan fingerprint density at radius 2 is 2.27 bits per heavy atom. The quantitative estimate of drug-likeness (QED) is 0.643. The van der Waals surface area contributed by atoms with Crippen LogP contribution in [0.1, 0.15) is 12.8 Å². The lowest BCUT2D eigenvalue weighted by Gasteiger charge is -2.29. The van der Waals surface area contributed by atoms with Crippen molar-refractivity contribution >= 4 is 11.8 Å². The Labute approximate surface area is 72.5 Å². The average Bonchev–Trinajstić information content (AvgIpc) is 2.66. The summed E-state index contributed by atoms with van der Waals surface area (Å²) < 4.78 is 0.635. The zero-order valence-corrected chi connectivity index (χ0v) is 7.84. The first kappa shape index (κ1) is 7.90. The minimum atomic E-state index is 0.635. The van der Waals surface area contributed by atoms with E-state index >= 15 is 0 Å². The maximum Gasteiger partial charge on any atom is 0.0318 e. The van der Waals surface area contributed by atoms with Gasteiger partial charge >= 0.3 is 0 Å². The van der Waals surface area contributed by atoms with Crippen LogP contribution in [0.4, 0.5) is 0 Å². The lowest BCUT2D eigenvalue weighted by Crippen LogP contribution is -2.56. The molecule has 1 aliphatic carbocycles. The van der Waals surface area contributed by atoms with E-state index in [2.05, 4.69) is 16.9 Å². The zero-order chi connectivity index (χ0) is 7.73. The van der Waals surface area contributed by atoms with E-state index in [9.17, 15) is 0 Å².